The summed E-state index contributed by atoms with van der Waals surface area (Å²) < 4.78 is 0. The van der Waals surface area contributed by atoms with E-state index in [9.17, 15) is 0 Å². The van der Waals surface area contributed by atoms with E-state index in [1.54, 1.807) is 0 Å². The van der Waals surface area contributed by atoms with Crippen LogP contribution < -0.4 is 5.32 Å². The molecule has 0 bridgehead atoms. The van der Waals surface area contributed by atoms with Crippen LogP contribution in [0.2, 0.25) is 0 Å². The Bertz CT molecular complexity index is 385. The third-order valence-corrected chi connectivity index (χ3v) is 3.34. The third kappa shape index (κ3) is 3.06. The van der Waals surface area contributed by atoms with Crippen LogP contribution in [-0.2, 0) is 0 Å². The fourth-order valence-electron chi connectivity index (χ4n) is 2.33. The molecule has 0 saturated carbocycles. The SMILES string of the molecule is Cc1ccc([C@H](CC#N)N2CCNCC2)cc1. The molecule has 0 aliphatic carbocycles. The molecule has 2 rings (SSSR count). The summed E-state index contributed by atoms with van der Waals surface area (Å²) in [7, 11) is 0. The highest BCUT2D eigenvalue weighted by molar-refractivity contribution is 5.25. The fourth-order valence-corrected chi connectivity index (χ4v) is 2.33. The molecule has 1 N–H and O–H groups in total. The fraction of sp³-hybridized carbons (Fsp3) is 0.500. The minimum absolute atomic E-state index is 0.252. The van der Waals surface area contributed by atoms with E-state index in [1.165, 1.54) is 11.1 Å². The number of hydrogen-bond acceptors (Lipinski definition) is 3. The van der Waals surface area contributed by atoms with Crippen LogP contribution in [0.1, 0.15) is 23.6 Å². The van der Waals surface area contributed by atoms with Crippen molar-refractivity contribution in [3.8, 4) is 6.07 Å². The summed E-state index contributed by atoms with van der Waals surface area (Å²) in [5.74, 6) is 0. The summed E-state index contributed by atoms with van der Waals surface area (Å²) in [4.78, 5) is 2.41. The smallest absolute Gasteiger partial charge is 0.0641 e. The molecule has 1 aromatic rings. The van der Waals surface area contributed by atoms with E-state index in [-0.39, 0.29) is 6.04 Å². The van der Waals surface area contributed by atoms with Crippen molar-refractivity contribution >= 4 is 0 Å². The Hall–Kier alpha value is -1.37. The van der Waals surface area contributed by atoms with Crippen molar-refractivity contribution in [2.75, 3.05) is 26.2 Å². The van der Waals surface area contributed by atoms with Crippen LogP contribution in [0.4, 0.5) is 0 Å². The highest BCUT2D eigenvalue weighted by atomic mass is 15.2. The average Bonchev–Trinajstić information content (AvgIpc) is 2.38. The van der Waals surface area contributed by atoms with Gasteiger partial charge in [0.1, 0.15) is 0 Å². The van der Waals surface area contributed by atoms with E-state index in [2.05, 4.69) is 47.5 Å². The summed E-state index contributed by atoms with van der Waals surface area (Å²) in [6.45, 7) is 6.19. The second kappa shape index (κ2) is 5.81. The lowest BCUT2D eigenvalue weighted by atomic mass is 10.0. The van der Waals surface area contributed by atoms with Crippen molar-refractivity contribution in [2.24, 2.45) is 0 Å². The molecule has 17 heavy (non-hydrogen) atoms. The van der Waals surface area contributed by atoms with E-state index in [1.807, 2.05) is 0 Å². The number of nitriles is 1. The molecule has 3 heteroatoms. The van der Waals surface area contributed by atoms with Crippen molar-refractivity contribution in [3.63, 3.8) is 0 Å². The molecular weight excluding hydrogens is 210 g/mol. The molecule has 1 heterocycles. The summed E-state index contributed by atoms with van der Waals surface area (Å²) in [6, 6.07) is 11.1. The molecule has 90 valence electrons. The third-order valence-electron chi connectivity index (χ3n) is 3.34. The quantitative estimate of drug-likeness (QED) is 0.860. The van der Waals surface area contributed by atoms with Crippen LogP contribution in [0.5, 0.6) is 0 Å². The van der Waals surface area contributed by atoms with Gasteiger partial charge in [-0.05, 0) is 12.5 Å². The molecule has 0 amide bonds. The molecule has 0 spiro atoms. The van der Waals surface area contributed by atoms with Gasteiger partial charge in [0.15, 0.2) is 0 Å². The Morgan fingerprint density at radius 2 is 1.94 bits per heavy atom. The van der Waals surface area contributed by atoms with Gasteiger partial charge < -0.3 is 5.32 Å². The van der Waals surface area contributed by atoms with E-state index < -0.39 is 0 Å². The minimum atomic E-state index is 0.252. The summed E-state index contributed by atoms with van der Waals surface area (Å²) in [5.41, 5.74) is 2.53. The first-order valence-electron chi connectivity index (χ1n) is 6.19. The standard InChI is InChI=1S/C14H19N3/c1-12-2-4-13(5-3-12)14(6-7-15)17-10-8-16-9-11-17/h2-5,14,16H,6,8-11H2,1H3/t14-/m0/s1. The van der Waals surface area contributed by atoms with E-state index in [4.69, 9.17) is 5.26 Å². The second-order valence-corrected chi connectivity index (χ2v) is 4.57. The van der Waals surface area contributed by atoms with E-state index in [0.29, 0.717) is 6.42 Å². The van der Waals surface area contributed by atoms with Gasteiger partial charge in [-0.2, -0.15) is 5.26 Å². The predicted octanol–water partition coefficient (Wildman–Crippen LogP) is 1.85. The first-order valence-corrected chi connectivity index (χ1v) is 6.19. The Kier molecular flexibility index (Phi) is 4.13. The van der Waals surface area contributed by atoms with Gasteiger partial charge in [0, 0.05) is 32.2 Å². The lowest BCUT2D eigenvalue weighted by molar-refractivity contribution is 0.175. The van der Waals surface area contributed by atoms with Gasteiger partial charge in [-0.1, -0.05) is 29.8 Å². The molecular formula is C14H19N3. The molecule has 0 radical (unpaired) electrons. The second-order valence-electron chi connectivity index (χ2n) is 4.57. The number of aryl methyl sites for hydroxylation is 1. The molecule has 1 aliphatic heterocycles. The monoisotopic (exact) mass is 229 g/mol. The van der Waals surface area contributed by atoms with Crippen molar-refractivity contribution in [1.82, 2.24) is 10.2 Å². The number of nitrogens with zero attached hydrogens (tertiary/aromatic N) is 2. The zero-order valence-electron chi connectivity index (χ0n) is 10.3. The Labute approximate surface area is 103 Å². The number of piperazine rings is 1. The molecule has 0 unspecified atom stereocenters. The molecule has 1 aromatic carbocycles. The number of benzene rings is 1. The Morgan fingerprint density at radius 3 is 2.53 bits per heavy atom. The summed E-state index contributed by atoms with van der Waals surface area (Å²) >= 11 is 0. The van der Waals surface area contributed by atoms with E-state index >= 15 is 0 Å². The molecule has 0 aromatic heterocycles. The van der Waals surface area contributed by atoms with Crippen LogP contribution >= 0.6 is 0 Å². The van der Waals surface area contributed by atoms with Crippen LogP contribution in [0.15, 0.2) is 24.3 Å². The lowest BCUT2D eigenvalue weighted by Crippen LogP contribution is -2.45. The normalized spacial score (nSPS) is 18.6. The largest absolute Gasteiger partial charge is 0.314 e. The summed E-state index contributed by atoms with van der Waals surface area (Å²) in [5, 5.41) is 12.3. The Balaban J connectivity index is 2.15. The van der Waals surface area contributed by atoms with Crippen molar-refractivity contribution in [2.45, 2.75) is 19.4 Å². The van der Waals surface area contributed by atoms with Crippen LogP contribution in [0, 0.1) is 18.3 Å². The minimum Gasteiger partial charge on any atom is -0.314 e. The van der Waals surface area contributed by atoms with Crippen LogP contribution in [0.25, 0.3) is 0 Å². The maximum absolute atomic E-state index is 8.99. The highest BCUT2D eigenvalue weighted by Crippen LogP contribution is 2.24. The van der Waals surface area contributed by atoms with Gasteiger partial charge in [0.05, 0.1) is 12.5 Å². The van der Waals surface area contributed by atoms with Crippen LogP contribution in [0.3, 0.4) is 0 Å². The topological polar surface area (TPSA) is 39.1 Å². The van der Waals surface area contributed by atoms with Crippen LogP contribution in [-0.4, -0.2) is 31.1 Å². The molecule has 3 nitrogen and oxygen atoms in total. The van der Waals surface area contributed by atoms with Crippen molar-refractivity contribution in [3.05, 3.63) is 35.4 Å². The number of rotatable bonds is 3. The summed E-state index contributed by atoms with van der Waals surface area (Å²) in [6.07, 6.45) is 0.572. The molecule has 1 aliphatic rings. The van der Waals surface area contributed by atoms with Gasteiger partial charge in [0.2, 0.25) is 0 Å². The molecule has 1 atom stereocenters. The maximum Gasteiger partial charge on any atom is 0.0641 e. The first kappa shape index (κ1) is 12.1. The zero-order chi connectivity index (χ0) is 12.1. The predicted molar refractivity (Wildman–Crippen MR) is 68.6 cm³/mol. The Morgan fingerprint density at radius 1 is 1.29 bits per heavy atom. The zero-order valence-corrected chi connectivity index (χ0v) is 10.3. The maximum atomic E-state index is 8.99. The first-order chi connectivity index (χ1) is 8.31. The van der Waals surface area contributed by atoms with Crippen molar-refractivity contribution < 1.29 is 0 Å². The van der Waals surface area contributed by atoms with Gasteiger partial charge >= 0.3 is 0 Å². The van der Waals surface area contributed by atoms with Crippen molar-refractivity contribution in [1.29, 1.82) is 5.26 Å². The van der Waals surface area contributed by atoms with E-state index in [0.717, 1.165) is 26.2 Å². The number of nitrogens with one attached hydrogen (secondary N) is 1. The van der Waals surface area contributed by atoms with Gasteiger partial charge in [-0.3, -0.25) is 4.90 Å². The van der Waals surface area contributed by atoms with Gasteiger partial charge in [-0.15, -0.1) is 0 Å². The highest BCUT2D eigenvalue weighted by Gasteiger charge is 2.21. The average molecular weight is 229 g/mol. The number of hydrogen-bond donors (Lipinski definition) is 1. The van der Waals surface area contributed by atoms with Gasteiger partial charge in [-0.25, -0.2) is 0 Å². The lowest BCUT2D eigenvalue weighted by Gasteiger charge is -2.34. The van der Waals surface area contributed by atoms with Gasteiger partial charge in [0.25, 0.3) is 0 Å². The molecule has 1 fully saturated rings. The molecule has 1 saturated heterocycles.